The van der Waals surface area contributed by atoms with Crippen molar-refractivity contribution in [2.45, 2.75) is 32.4 Å². The van der Waals surface area contributed by atoms with Crippen molar-refractivity contribution in [1.82, 2.24) is 4.90 Å². The number of nitrogens with zero attached hydrogens (tertiary/aromatic N) is 1. The largest absolute Gasteiger partial charge is 0.479 e. The first-order chi connectivity index (χ1) is 13.9. The van der Waals surface area contributed by atoms with E-state index in [1.54, 1.807) is 42.2 Å². The Morgan fingerprint density at radius 3 is 2.45 bits per heavy atom. The first-order valence-corrected chi connectivity index (χ1v) is 10.4. The molecule has 0 radical (unpaired) electrons. The van der Waals surface area contributed by atoms with E-state index >= 15 is 0 Å². The zero-order valence-corrected chi connectivity index (χ0v) is 17.7. The lowest BCUT2D eigenvalue weighted by atomic mass is 10.1. The van der Waals surface area contributed by atoms with Crippen molar-refractivity contribution >= 4 is 46.3 Å². The third-order valence-corrected chi connectivity index (χ3v) is 5.93. The van der Waals surface area contributed by atoms with Gasteiger partial charge in [0.15, 0.2) is 6.10 Å². The lowest BCUT2D eigenvalue weighted by Crippen LogP contribution is -2.30. The van der Waals surface area contributed by atoms with Crippen LogP contribution in [0.3, 0.4) is 0 Å². The number of amides is 1. The Hall–Kier alpha value is -2.64. The Morgan fingerprint density at radius 2 is 1.86 bits per heavy atom. The zero-order chi connectivity index (χ0) is 21.0. The number of hydrogen-bond donors (Lipinski definition) is 1. The Labute approximate surface area is 179 Å². The number of aliphatic carboxylic acids is 1. The number of carbonyl (C=O) groups is 2. The van der Waals surface area contributed by atoms with Crippen molar-refractivity contribution in [1.29, 1.82) is 0 Å². The smallest absolute Gasteiger partial charge is 0.344 e. The van der Waals surface area contributed by atoms with E-state index in [1.165, 1.54) is 11.8 Å². The highest BCUT2D eigenvalue weighted by Crippen LogP contribution is 2.38. The number of rotatable bonds is 7. The van der Waals surface area contributed by atoms with Crippen molar-refractivity contribution in [2.75, 3.05) is 0 Å². The molecule has 2 unspecified atom stereocenters. The van der Waals surface area contributed by atoms with Crippen LogP contribution in [0.1, 0.15) is 37.4 Å². The fourth-order valence-corrected chi connectivity index (χ4v) is 4.38. The first-order valence-electron chi connectivity index (χ1n) is 9.22. The van der Waals surface area contributed by atoms with Gasteiger partial charge in [-0.1, -0.05) is 73.4 Å². The zero-order valence-electron chi connectivity index (χ0n) is 16.1. The van der Waals surface area contributed by atoms with Crippen LogP contribution in [0.15, 0.2) is 59.5 Å². The molecule has 7 heteroatoms. The molecule has 1 amide bonds. The highest BCUT2D eigenvalue weighted by atomic mass is 32.2. The van der Waals surface area contributed by atoms with Gasteiger partial charge in [0, 0.05) is 0 Å². The molecule has 1 saturated heterocycles. The van der Waals surface area contributed by atoms with Crippen LogP contribution in [-0.4, -0.2) is 32.3 Å². The normalized spacial score (nSPS) is 17.4. The van der Waals surface area contributed by atoms with Crippen LogP contribution in [0.2, 0.25) is 0 Å². The maximum absolute atomic E-state index is 12.9. The number of benzene rings is 2. The van der Waals surface area contributed by atoms with E-state index in [0.29, 0.717) is 21.4 Å². The van der Waals surface area contributed by atoms with Crippen molar-refractivity contribution in [3.63, 3.8) is 0 Å². The van der Waals surface area contributed by atoms with Gasteiger partial charge in [-0.15, -0.1) is 0 Å². The SMILES string of the molecule is CCC(Oc1ccc(/C=C2/SC(=S)N(C(C)c3ccccc3)C2=O)cc1)C(=O)O. The van der Waals surface area contributed by atoms with Crippen molar-refractivity contribution in [2.24, 2.45) is 0 Å². The summed E-state index contributed by atoms with van der Waals surface area (Å²) < 4.78 is 6.00. The molecule has 1 N–H and O–H groups in total. The lowest BCUT2D eigenvalue weighted by Gasteiger charge is -2.23. The minimum atomic E-state index is -0.993. The average molecular weight is 428 g/mol. The summed E-state index contributed by atoms with van der Waals surface area (Å²) in [5.41, 5.74) is 1.84. The molecule has 0 bridgehead atoms. The fraction of sp³-hybridized carbons (Fsp3) is 0.227. The number of hydrogen-bond acceptors (Lipinski definition) is 5. The average Bonchev–Trinajstić information content (AvgIpc) is 3.00. The van der Waals surface area contributed by atoms with Crippen LogP contribution in [0.5, 0.6) is 5.75 Å². The molecule has 0 spiro atoms. The maximum atomic E-state index is 12.9. The van der Waals surface area contributed by atoms with Crippen molar-refractivity contribution < 1.29 is 19.4 Å². The van der Waals surface area contributed by atoms with E-state index < -0.39 is 12.1 Å². The second-order valence-electron chi connectivity index (χ2n) is 6.56. The van der Waals surface area contributed by atoms with E-state index in [2.05, 4.69) is 0 Å². The Balaban J connectivity index is 1.75. The summed E-state index contributed by atoms with van der Waals surface area (Å²) in [6, 6.07) is 16.6. The van der Waals surface area contributed by atoms with Gasteiger partial charge in [-0.05, 0) is 42.7 Å². The molecular weight excluding hydrogens is 406 g/mol. The van der Waals surface area contributed by atoms with Crippen molar-refractivity contribution in [3.8, 4) is 5.75 Å². The molecule has 0 saturated carbocycles. The molecule has 5 nitrogen and oxygen atoms in total. The number of thiocarbonyl (C=S) groups is 1. The standard InChI is InChI=1S/C22H21NO4S2/c1-3-18(21(25)26)27-17-11-9-15(10-12-17)13-19-20(24)23(22(28)29-19)14(2)16-7-5-4-6-8-16/h4-14,18H,3H2,1-2H3,(H,25,26)/b19-13+. The van der Waals surface area contributed by atoms with Crippen molar-refractivity contribution in [3.05, 3.63) is 70.6 Å². The molecule has 150 valence electrons. The van der Waals surface area contributed by atoms with Gasteiger partial charge in [-0.3, -0.25) is 9.69 Å². The highest BCUT2D eigenvalue weighted by Gasteiger charge is 2.35. The van der Waals surface area contributed by atoms with Crippen LogP contribution < -0.4 is 4.74 Å². The number of carboxylic acids is 1. The lowest BCUT2D eigenvalue weighted by molar-refractivity contribution is -0.145. The number of thioether (sulfide) groups is 1. The summed E-state index contributed by atoms with van der Waals surface area (Å²) in [6.45, 7) is 3.72. The van der Waals surface area contributed by atoms with Crippen LogP contribution in [0, 0.1) is 0 Å². The van der Waals surface area contributed by atoms with E-state index in [-0.39, 0.29) is 11.9 Å². The second-order valence-corrected chi connectivity index (χ2v) is 8.24. The summed E-state index contributed by atoms with van der Waals surface area (Å²) in [5, 5.41) is 9.09. The second kappa shape index (κ2) is 9.24. The highest BCUT2D eigenvalue weighted by molar-refractivity contribution is 8.26. The van der Waals surface area contributed by atoms with Crippen LogP contribution in [0.25, 0.3) is 6.08 Å². The molecule has 1 heterocycles. The predicted molar refractivity (Wildman–Crippen MR) is 119 cm³/mol. The van der Waals surface area contributed by atoms with Gasteiger partial charge in [-0.25, -0.2) is 4.79 Å². The summed E-state index contributed by atoms with van der Waals surface area (Å²) in [6.07, 6.45) is 1.28. The summed E-state index contributed by atoms with van der Waals surface area (Å²) in [7, 11) is 0. The molecule has 29 heavy (non-hydrogen) atoms. The summed E-state index contributed by atoms with van der Waals surface area (Å²) >= 11 is 6.73. The Morgan fingerprint density at radius 1 is 1.21 bits per heavy atom. The maximum Gasteiger partial charge on any atom is 0.344 e. The number of carboxylic acid groups (broad SMARTS) is 1. The van der Waals surface area contributed by atoms with E-state index in [9.17, 15) is 9.59 Å². The van der Waals surface area contributed by atoms with Gasteiger partial charge >= 0.3 is 5.97 Å². The number of carbonyl (C=O) groups excluding carboxylic acids is 1. The quantitative estimate of drug-likeness (QED) is 0.501. The van der Waals surface area contributed by atoms with Crippen LogP contribution >= 0.6 is 24.0 Å². The van der Waals surface area contributed by atoms with Gasteiger partial charge in [0.2, 0.25) is 0 Å². The minimum Gasteiger partial charge on any atom is -0.479 e. The third kappa shape index (κ3) is 4.86. The molecular formula is C22H21NO4S2. The molecule has 0 aromatic heterocycles. The predicted octanol–water partition coefficient (Wildman–Crippen LogP) is 4.89. The van der Waals surface area contributed by atoms with E-state index in [1.807, 2.05) is 37.3 Å². The topological polar surface area (TPSA) is 66.8 Å². The van der Waals surface area contributed by atoms with Gasteiger partial charge in [0.1, 0.15) is 10.1 Å². The molecule has 2 aromatic rings. The Kier molecular flexibility index (Phi) is 6.71. The molecule has 1 aliphatic rings. The molecule has 2 atom stereocenters. The third-order valence-electron chi connectivity index (χ3n) is 4.60. The molecule has 0 aliphatic carbocycles. The molecule has 2 aromatic carbocycles. The monoisotopic (exact) mass is 427 g/mol. The summed E-state index contributed by atoms with van der Waals surface area (Å²) in [4.78, 5) is 26.2. The first kappa shape index (κ1) is 21.1. The molecule has 1 aliphatic heterocycles. The Bertz CT molecular complexity index is 941. The van der Waals surface area contributed by atoms with Crippen LogP contribution in [0.4, 0.5) is 0 Å². The van der Waals surface area contributed by atoms with Gasteiger partial charge in [0.05, 0.1) is 10.9 Å². The van der Waals surface area contributed by atoms with E-state index in [0.717, 1.165) is 11.1 Å². The minimum absolute atomic E-state index is 0.117. The molecule has 3 rings (SSSR count). The van der Waals surface area contributed by atoms with Gasteiger partial charge in [0.25, 0.3) is 5.91 Å². The fourth-order valence-electron chi connectivity index (χ4n) is 2.96. The number of ether oxygens (including phenoxy) is 1. The molecule has 1 fully saturated rings. The van der Waals surface area contributed by atoms with Gasteiger partial charge < -0.3 is 9.84 Å². The summed E-state index contributed by atoms with van der Waals surface area (Å²) in [5.74, 6) is -0.636. The van der Waals surface area contributed by atoms with Gasteiger partial charge in [-0.2, -0.15) is 0 Å². The van der Waals surface area contributed by atoms with E-state index in [4.69, 9.17) is 22.1 Å². The van der Waals surface area contributed by atoms with Crippen LogP contribution in [-0.2, 0) is 9.59 Å².